The van der Waals surface area contributed by atoms with E-state index in [1.54, 1.807) is 0 Å². The summed E-state index contributed by atoms with van der Waals surface area (Å²) in [6.07, 6.45) is 22.8. The monoisotopic (exact) mass is 301 g/mol. The molecule has 22 heavy (non-hydrogen) atoms. The number of rotatable bonds is 2. The van der Waals surface area contributed by atoms with Gasteiger partial charge in [-0.2, -0.15) is 0 Å². The Hall–Kier alpha value is -0.300. The minimum absolute atomic E-state index is 0.889. The molecule has 3 saturated carbocycles. The van der Waals surface area contributed by atoms with E-state index in [0.717, 1.165) is 35.9 Å². The molecular weight excluding hydrogens is 266 g/mol. The Balaban J connectivity index is 1.56. The van der Waals surface area contributed by atoms with Crippen LogP contribution in [0.15, 0.2) is 12.2 Å². The van der Waals surface area contributed by atoms with Gasteiger partial charge in [-0.3, -0.25) is 4.90 Å². The highest BCUT2D eigenvalue weighted by Gasteiger charge is 2.52. The minimum atomic E-state index is 0.889. The van der Waals surface area contributed by atoms with E-state index >= 15 is 0 Å². The summed E-state index contributed by atoms with van der Waals surface area (Å²) in [5.41, 5.74) is 0. The number of nitrogens with zero attached hydrogens (tertiary/aromatic N) is 1. The average Bonchev–Trinajstić information content (AvgIpc) is 2.90. The van der Waals surface area contributed by atoms with Crippen molar-refractivity contribution in [2.24, 2.45) is 17.8 Å². The van der Waals surface area contributed by atoms with Gasteiger partial charge >= 0.3 is 0 Å². The summed E-state index contributed by atoms with van der Waals surface area (Å²) in [6, 6.07) is 2.88. The van der Waals surface area contributed by atoms with E-state index in [2.05, 4.69) is 24.0 Å². The van der Waals surface area contributed by atoms with Gasteiger partial charge in [-0.25, -0.2) is 0 Å². The molecule has 124 valence electrons. The Kier molecular flexibility index (Phi) is 4.62. The molecule has 1 nitrogen and oxygen atoms in total. The van der Waals surface area contributed by atoms with Gasteiger partial charge in [0.2, 0.25) is 0 Å². The van der Waals surface area contributed by atoms with E-state index in [9.17, 15) is 0 Å². The first-order valence-corrected chi connectivity index (χ1v) is 10.3. The Morgan fingerprint density at radius 3 is 2.27 bits per heavy atom. The van der Waals surface area contributed by atoms with Crippen molar-refractivity contribution in [2.45, 2.75) is 102 Å². The second-order valence-corrected chi connectivity index (χ2v) is 8.58. The zero-order valence-electron chi connectivity index (χ0n) is 14.6. The fraction of sp³-hybridized carbons (Fsp3) is 0.905. The van der Waals surface area contributed by atoms with Crippen molar-refractivity contribution in [3.63, 3.8) is 0 Å². The summed E-state index contributed by atoms with van der Waals surface area (Å²) in [6.45, 7) is 2.21. The van der Waals surface area contributed by atoms with Crippen molar-refractivity contribution in [2.75, 3.05) is 0 Å². The highest BCUT2D eigenvalue weighted by Crippen LogP contribution is 2.52. The number of hydrogen-bond donors (Lipinski definition) is 0. The van der Waals surface area contributed by atoms with Gasteiger partial charge in [0.25, 0.3) is 0 Å². The molecular formula is C21H35N. The lowest BCUT2D eigenvalue weighted by Crippen LogP contribution is -2.47. The fourth-order valence-corrected chi connectivity index (χ4v) is 6.68. The van der Waals surface area contributed by atoms with Crippen LogP contribution in [-0.2, 0) is 0 Å². The predicted molar refractivity (Wildman–Crippen MR) is 93.9 cm³/mol. The summed E-state index contributed by atoms with van der Waals surface area (Å²) in [5, 5.41) is 0. The molecule has 4 fully saturated rings. The lowest BCUT2D eigenvalue weighted by molar-refractivity contribution is 0.0620. The van der Waals surface area contributed by atoms with Crippen LogP contribution < -0.4 is 0 Å². The van der Waals surface area contributed by atoms with E-state index in [0.29, 0.717) is 0 Å². The smallest absolute Gasteiger partial charge is 0.0133 e. The van der Waals surface area contributed by atoms with Crippen molar-refractivity contribution >= 4 is 0 Å². The predicted octanol–water partition coefficient (Wildman–Crippen LogP) is 5.55. The first kappa shape index (κ1) is 15.2. The van der Waals surface area contributed by atoms with Gasteiger partial charge in [0, 0.05) is 18.1 Å². The molecule has 0 amide bonds. The average molecular weight is 302 g/mol. The Bertz CT molecular complexity index is 395. The van der Waals surface area contributed by atoms with Crippen LogP contribution in [0.25, 0.3) is 0 Å². The van der Waals surface area contributed by atoms with Gasteiger partial charge in [-0.05, 0) is 69.6 Å². The second-order valence-electron chi connectivity index (χ2n) is 8.58. The van der Waals surface area contributed by atoms with E-state index in [-0.39, 0.29) is 0 Å². The van der Waals surface area contributed by atoms with E-state index in [1.807, 2.05) is 0 Å². The largest absolute Gasteiger partial charge is 0.294 e. The van der Waals surface area contributed by atoms with Crippen LogP contribution in [0.4, 0.5) is 0 Å². The standard InChI is InChI=1S/C21H35N/c1-2-8-16-13-14-21-19(15-16)18-11-6-7-12-20(18)22(21)17-9-4-3-5-10-17/h2,8,16-21H,3-7,9-15H2,1H3. The van der Waals surface area contributed by atoms with Crippen molar-refractivity contribution in [3.05, 3.63) is 12.2 Å². The molecule has 5 unspecified atom stereocenters. The molecule has 1 saturated heterocycles. The minimum Gasteiger partial charge on any atom is -0.294 e. The highest BCUT2D eigenvalue weighted by atomic mass is 15.3. The highest BCUT2D eigenvalue weighted by molar-refractivity contribution is 5.07. The molecule has 0 bridgehead atoms. The van der Waals surface area contributed by atoms with Crippen molar-refractivity contribution < 1.29 is 0 Å². The molecule has 0 aromatic rings. The second kappa shape index (κ2) is 6.67. The molecule has 1 heteroatoms. The van der Waals surface area contributed by atoms with Crippen LogP contribution in [0.5, 0.6) is 0 Å². The zero-order chi connectivity index (χ0) is 14.9. The van der Waals surface area contributed by atoms with Gasteiger partial charge < -0.3 is 0 Å². The molecule has 3 aliphatic carbocycles. The van der Waals surface area contributed by atoms with Crippen LogP contribution in [0.2, 0.25) is 0 Å². The van der Waals surface area contributed by atoms with Crippen LogP contribution in [-0.4, -0.2) is 23.0 Å². The van der Waals surface area contributed by atoms with Gasteiger partial charge in [0.15, 0.2) is 0 Å². The van der Waals surface area contributed by atoms with Gasteiger partial charge in [0.1, 0.15) is 0 Å². The number of allylic oxidation sites excluding steroid dienone is 2. The topological polar surface area (TPSA) is 3.24 Å². The Labute approximate surface area is 137 Å². The van der Waals surface area contributed by atoms with Crippen molar-refractivity contribution in [1.82, 2.24) is 4.90 Å². The lowest BCUT2D eigenvalue weighted by Gasteiger charge is -2.42. The first-order chi connectivity index (χ1) is 10.9. The van der Waals surface area contributed by atoms with Crippen LogP contribution in [0.3, 0.4) is 0 Å². The molecule has 1 aliphatic heterocycles. The van der Waals surface area contributed by atoms with Crippen LogP contribution in [0.1, 0.15) is 84.0 Å². The molecule has 0 aromatic heterocycles. The molecule has 0 aromatic carbocycles. The first-order valence-electron chi connectivity index (χ1n) is 10.3. The Morgan fingerprint density at radius 1 is 0.727 bits per heavy atom. The van der Waals surface area contributed by atoms with Crippen molar-refractivity contribution in [1.29, 1.82) is 0 Å². The summed E-state index contributed by atoms with van der Waals surface area (Å²) >= 11 is 0. The normalized spacial score (nSPS) is 44.1. The Morgan fingerprint density at radius 2 is 1.45 bits per heavy atom. The SMILES string of the molecule is CC=CC1CCC2C(C1)C1CCCCC1N2C1CCCCC1. The molecule has 5 atom stereocenters. The number of likely N-dealkylation sites (tertiary alicyclic amines) is 1. The van der Waals surface area contributed by atoms with E-state index in [4.69, 9.17) is 0 Å². The maximum absolute atomic E-state index is 3.12. The zero-order valence-corrected chi connectivity index (χ0v) is 14.6. The molecule has 4 aliphatic rings. The third-order valence-electron chi connectivity index (χ3n) is 7.46. The van der Waals surface area contributed by atoms with E-state index < -0.39 is 0 Å². The van der Waals surface area contributed by atoms with Gasteiger partial charge in [0.05, 0.1) is 0 Å². The molecule has 0 spiro atoms. The van der Waals surface area contributed by atoms with Crippen LogP contribution >= 0.6 is 0 Å². The van der Waals surface area contributed by atoms with Crippen molar-refractivity contribution in [3.8, 4) is 0 Å². The van der Waals surface area contributed by atoms with Gasteiger partial charge in [-0.1, -0.05) is 44.3 Å². The number of fused-ring (bicyclic) bond motifs is 3. The lowest BCUT2D eigenvalue weighted by atomic mass is 9.70. The molecule has 0 radical (unpaired) electrons. The molecule has 0 N–H and O–H groups in total. The summed E-state index contributed by atoms with van der Waals surface area (Å²) < 4.78 is 0. The summed E-state index contributed by atoms with van der Waals surface area (Å²) in [4.78, 5) is 3.12. The maximum Gasteiger partial charge on any atom is 0.0133 e. The maximum atomic E-state index is 3.12. The van der Waals surface area contributed by atoms with E-state index in [1.165, 1.54) is 77.0 Å². The van der Waals surface area contributed by atoms with Gasteiger partial charge in [-0.15, -0.1) is 0 Å². The quantitative estimate of drug-likeness (QED) is 0.604. The molecule has 4 rings (SSSR count). The molecule has 1 heterocycles. The fourth-order valence-electron chi connectivity index (χ4n) is 6.68. The summed E-state index contributed by atoms with van der Waals surface area (Å²) in [5.74, 6) is 2.97. The third-order valence-corrected chi connectivity index (χ3v) is 7.46. The third kappa shape index (κ3) is 2.68. The number of hydrogen-bond acceptors (Lipinski definition) is 1. The van der Waals surface area contributed by atoms with Crippen LogP contribution in [0, 0.1) is 17.8 Å². The summed E-state index contributed by atoms with van der Waals surface area (Å²) in [7, 11) is 0.